The lowest BCUT2D eigenvalue weighted by Gasteiger charge is -2.30. The fraction of sp³-hybridized carbons (Fsp3) is 0.909. The number of carbonyl (C=O) groups is 1. The second kappa shape index (κ2) is 5.89. The second-order valence-corrected chi connectivity index (χ2v) is 4.16. The zero-order valence-corrected chi connectivity index (χ0v) is 9.29. The number of unbranched alkanes of at least 4 members (excludes halogenated alkanes) is 1. The fourth-order valence-electron chi connectivity index (χ4n) is 1.75. The molecule has 1 aliphatic rings. The molecule has 0 saturated carbocycles. The van der Waals surface area contributed by atoms with Crippen LogP contribution >= 0.6 is 0 Å². The molecule has 1 fully saturated rings. The Balaban J connectivity index is 2.22. The first-order valence-electron chi connectivity index (χ1n) is 5.65. The fourth-order valence-corrected chi connectivity index (χ4v) is 1.75. The minimum Gasteiger partial charge on any atom is -0.449 e. The van der Waals surface area contributed by atoms with Crippen LogP contribution in [0.15, 0.2) is 0 Å². The Kier molecular flexibility index (Phi) is 4.77. The topological polar surface area (TPSA) is 29.5 Å². The van der Waals surface area contributed by atoms with Crippen molar-refractivity contribution in [2.45, 2.75) is 39.5 Å². The number of hydrogen-bond donors (Lipinski definition) is 0. The summed E-state index contributed by atoms with van der Waals surface area (Å²) >= 11 is 0. The van der Waals surface area contributed by atoms with Crippen LogP contribution in [0.4, 0.5) is 4.79 Å². The third-order valence-electron chi connectivity index (χ3n) is 2.64. The third kappa shape index (κ3) is 3.56. The molecule has 0 spiro atoms. The van der Waals surface area contributed by atoms with Gasteiger partial charge >= 0.3 is 6.09 Å². The first-order valence-corrected chi connectivity index (χ1v) is 5.65. The van der Waals surface area contributed by atoms with Crippen molar-refractivity contribution in [2.75, 3.05) is 19.7 Å². The van der Waals surface area contributed by atoms with Gasteiger partial charge in [-0.25, -0.2) is 4.79 Å². The van der Waals surface area contributed by atoms with Crippen molar-refractivity contribution in [3.63, 3.8) is 0 Å². The Morgan fingerprint density at radius 2 is 2.36 bits per heavy atom. The molecule has 0 radical (unpaired) electrons. The summed E-state index contributed by atoms with van der Waals surface area (Å²) in [6.45, 7) is 6.59. The van der Waals surface area contributed by atoms with E-state index in [0.717, 1.165) is 32.4 Å². The maximum Gasteiger partial charge on any atom is 0.409 e. The minimum absolute atomic E-state index is 0.120. The Bertz CT molecular complexity index is 182. The molecule has 3 nitrogen and oxygen atoms in total. The molecule has 0 bridgehead atoms. The van der Waals surface area contributed by atoms with Gasteiger partial charge in [-0.15, -0.1) is 0 Å². The van der Waals surface area contributed by atoms with Gasteiger partial charge in [0.15, 0.2) is 0 Å². The molecule has 1 saturated heterocycles. The SMILES string of the molecule is CCCCOC(=O)N1CCCC(C)C1. The third-order valence-corrected chi connectivity index (χ3v) is 2.64. The molecule has 1 rings (SSSR count). The van der Waals surface area contributed by atoms with Crippen molar-refractivity contribution in [2.24, 2.45) is 5.92 Å². The number of likely N-dealkylation sites (tertiary alicyclic amines) is 1. The summed E-state index contributed by atoms with van der Waals surface area (Å²) in [6.07, 6.45) is 4.27. The zero-order chi connectivity index (χ0) is 10.4. The van der Waals surface area contributed by atoms with Gasteiger partial charge in [0.25, 0.3) is 0 Å². The lowest BCUT2D eigenvalue weighted by atomic mass is 10.0. The van der Waals surface area contributed by atoms with Gasteiger partial charge in [0.2, 0.25) is 0 Å². The van der Waals surface area contributed by atoms with Gasteiger partial charge in [-0.05, 0) is 25.2 Å². The van der Waals surface area contributed by atoms with Crippen molar-refractivity contribution < 1.29 is 9.53 Å². The first kappa shape index (κ1) is 11.3. The van der Waals surface area contributed by atoms with Crippen LogP contribution in [-0.4, -0.2) is 30.7 Å². The van der Waals surface area contributed by atoms with Crippen LogP contribution in [0, 0.1) is 5.92 Å². The van der Waals surface area contributed by atoms with Gasteiger partial charge in [-0.3, -0.25) is 0 Å². The van der Waals surface area contributed by atoms with Gasteiger partial charge < -0.3 is 9.64 Å². The van der Waals surface area contributed by atoms with Crippen LogP contribution < -0.4 is 0 Å². The van der Waals surface area contributed by atoms with Crippen LogP contribution in [0.5, 0.6) is 0 Å². The highest BCUT2D eigenvalue weighted by Crippen LogP contribution is 2.16. The summed E-state index contributed by atoms with van der Waals surface area (Å²) in [6, 6.07) is 0. The van der Waals surface area contributed by atoms with E-state index in [0.29, 0.717) is 12.5 Å². The molecule has 14 heavy (non-hydrogen) atoms. The number of hydrogen-bond acceptors (Lipinski definition) is 2. The van der Waals surface area contributed by atoms with Crippen molar-refractivity contribution in [1.29, 1.82) is 0 Å². The Morgan fingerprint density at radius 3 is 3.00 bits per heavy atom. The number of ether oxygens (including phenoxy) is 1. The molecule has 0 N–H and O–H groups in total. The lowest BCUT2D eigenvalue weighted by Crippen LogP contribution is -2.39. The first-order chi connectivity index (χ1) is 6.74. The molecule has 82 valence electrons. The smallest absolute Gasteiger partial charge is 0.409 e. The Labute approximate surface area is 86.4 Å². The van der Waals surface area contributed by atoms with E-state index in [4.69, 9.17) is 4.74 Å². The van der Waals surface area contributed by atoms with Crippen LogP contribution in [-0.2, 0) is 4.74 Å². The summed E-state index contributed by atoms with van der Waals surface area (Å²) in [5.74, 6) is 0.627. The molecule has 1 unspecified atom stereocenters. The molecular weight excluding hydrogens is 178 g/mol. The van der Waals surface area contributed by atoms with Gasteiger partial charge in [-0.2, -0.15) is 0 Å². The summed E-state index contributed by atoms with van der Waals surface area (Å²) in [7, 11) is 0. The number of carbonyl (C=O) groups excluding carboxylic acids is 1. The predicted octanol–water partition coefficient (Wildman–Crippen LogP) is 2.66. The molecular formula is C11H21NO2. The van der Waals surface area contributed by atoms with E-state index in [1.54, 1.807) is 0 Å². The molecule has 1 atom stereocenters. The summed E-state index contributed by atoms with van der Waals surface area (Å²) in [5.41, 5.74) is 0. The zero-order valence-electron chi connectivity index (χ0n) is 9.29. The summed E-state index contributed by atoms with van der Waals surface area (Å²) in [5, 5.41) is 0. The van der Waals surface area contributed by atoms with E-state index in [2.05, 4.69) is 13.8 Å². The van der Waals surface area contributed by atoms with Crippen LogP contribution in [0.1, 0.15) is 39.5 Å². The van der Waals surface area contributed by atoms with Gasteiger partial charge in [0.1, 0.15) is 0 Å². The monoisotopic (exact) mass is 199 g/mol. The van der Waals surface area contributed by atoms with E-state index in [-0.39, 0.29) is 6.09 Å². The number of nitrogens with zero attached hydrogens (tertiary/aromatic N) is 1. The molecule has 1 amide bonds. The molecule has 0 aromatic rings. The standard InChI is InChI=1S/C11H21NO2/c1-3-4-8-14-11(13)12-7-5-6-10(2)9-12/h10H,3-9H2,1-2H3. The number of piperidine rings is 1. The second-order valence-electron chi connectivity index (χ2n) is 4.16. The Hall–Kier alpha value is -0.730. The minimum atomic E-state index is -0.120. The molecule has 3 heteroatoms. The van der Waals surface area contributed by atoms with Crippen molar-refractivity contribution in [3.05, 3.63) is 0 Å². The Morgan fingerprint density at radius 1 is 1.57 bits per heavy atom. The van der Waals surface area contributed by atoms with Crippen molar-refractivity contribution in [3.8, 4) is 0 Å². The van der Waals surface area contributed by atoms with Crippen molar-refractivity contribution in [1.82, 2.24) is 4.90 Å². The highest BCUT2D eigenvalue weighted by atomic mass is 16.6. The quantitative estimate of drug-likeness (QED) is 0.654. The highest BCUT2D eigenvalue weighted by Gasteiger charge is 2.21. The normalized spacial score (nSPS) is 22.1. The van der Waals surface area contributed by atoms with Crippen LogP contribution in [0.25, 0.3) is 0 Å². The molecule has 0 aliphatic carbocycles. The maximum absolute atomic E-state index is 11.5. The van der Waals surface area contributed by atoms with E-state index in [1.807, 2.05) is 4.90 Å². The molecule has 0 aromatic carbocycles. The van der Waals surface area contributed by atoms with E-state index in [9.17, 15) is 4.79 Å². The average molecular weight is 199 g/mol. The summed E-state index contributed by atoms with van der Waals surface area (Å²) in [4.78, 5) is 13.4. The molecule has 0 aromatic heterocycles. The lowest BCUT2D eigenvalue weighted by molar-refractivity contribution is 0.0854. The number of rotatable bonds is 3. The molecule has 1 heterocycles. The largest absolute Gasteiger partial charge is 0.449 e. The maximum atomic E-state index is 11.5. The van der Waals surface area contributed by atoms with Gasteiger partial charge in [0.05, 0.1) is 6.61 Å². The highest BCUT2D eigenvalue weighted by molar-refractivity contribution is 5.67. The average Bonchev–Trinajstić information content (AvgIpc) is 2.18. The molecule has 1 aliphatic heterocycles. The number of amides is 1. The predicted molar refractivity (Wildman–Crippen MR) is 56.2 cm³/mol. The van der Waals surface area contributed by atoms with E-state index >= 15 is 0 Å². The van der Waals surface area contributed by atoms with E-state index < -0.39 is 0 Å². The summed E-state index contributed by atoms with van der Waals surface area (Å²) < 4.78 is 5.16. The van der Waals surface area contributed by atoms with Gasteiger partial charge in [-0.1, -0.05) is 20.3 Å². The van der Waals surface area contributed by atoms with Crippen molar-refractivity contribution >= 4 is 6.09 Å². The van der Waals surface area contributed by atoms with Gasteiger partial charge in [0, 0.05) is 13.1 Å². The van der Waals surface area contributed by atoms with E-state index in [1.165, 1.54) is 6.42 Å². The van der Waals surface area contributed by atoms with Crippen LogP contribution in [0.2, 0.25) is 0 Å². The van der Waals surface area contributed by atoms with Crippen LogP contribution in [0.3, 0.4) is 0 Å².